The van der Waals surface area contributed by atoms with Crippen molar-refractivity contribution >= 4 is 46.6 Å². The first-order valence-electron chi connectivity index (χ1n) is 13.0. The van der Waals surface area contributed by atoms with Gasteiger partial charge in [0, 0.05) is 81.4 Å². The predicted molar refractivity (Wildman–Crippen MR) is 155 cm³/mol. The van der Waals surface area contributed by atoms with Crippen LogP contribution in [0.3, 0.4) is 0 Å². The number of pyridine rings is 3. The van der Waals surface area contributed by atoms with E-state index in [4.69, 9.17) is 34.9 Å². The van der Waals surface area contributed by atoms with Crippen molar-refractivity contribution in [2.45, 2.75) is 27.7 Å². The SMILES string of the molecule is CC1(C)C2=NC3=NC(=Nc4nc(c5c[nH]ccc4-5)N=C4N=C(N=C(N2)C1(C)C)c1ccncc14)c1cnccc13. The average Bonchev–Trinajstić information content (AvgIpc) is 3.63. The number of H-pyrrole nitrogens is 1. The maximum atomic E-state index is 5.07. The van der Waals surface area contributed by atoms with Gasteiger partial charge < -0.3 is 10.3 Å². The lowest BCUT2D eigenvalue weighted by molar-refractivity contribution is 0.301. The quantitative estimate of drug-likeness (QED) is 0.350. The molecule has 40 heavy (non-hydrogen) atoms. The lowest BCUT2D eigenvalue weighted by atomic mass is 9.69. The summed E-state index contributed by atoms with van der Waals surface area (Å²) in [5.41, 5.74) is 4.20. The van der Waals surface area contributed by atoms with E-state index in [0.717, 1.165) is 45.1 Å². The average molecular weight is 526 g/mol. The molecule has 8 heterocycles. The van der Waals surface area contributed by atoms with Crippen LogP contribution < -0.4 is 5.32 Å². The van der Waals surface area contributed by atoms with Gasteiger partial charge >= 0.3 is 0 Å². The van der Waals surface area contributed by atoms with E-state index in [2.05, 4.69) is 48.0 Å². The first kappa shape index (κ1) is 22.8. The predicted octanol–water partition coefficient (Wildman–Crippen LogP) is 4.45. The smallest absolute Gasteiger partial charge is 0.166 e. The number of hydrogen-bond acceptors (Lipinski definition) is 10. The van der Waals surface area contributed by atoms with Crippen molar-refractivity contribution in [3.63, 3.8) is 0 Å². The molecule has 0 aliphatic carbocycles. The summed E-state index contributed by atoms with van der Waals surface area (Å²) in [4.78, 5) is 46.3. The van der Waals surface area contributed by atoms with Crippen molar-refractivity contribution in [2.24, 2.45) is 40.8 Å². The molecule has 8 rings (SSSR count). The van der Waals surface area contributed by atoms with Crippen LogP contribution in [0.5, 0.6) is 0 Å². The zero-order chi connectivity index (χ0) is 27.2. The fourth-order valence-electron chi connectivity index (χ4n) is 5.28. The van der Waals surface area contributed by atoms with Crippen LogP contribution in [0.15, 0.2) is 85.3 Å². The van der Waals surface area contributed by atoms with Crippen LogP contribution in [0, 0.1) is 10.8 Å². The Morgan fingerprint density at radius 1 is 0.550 bits per heavy atom. The molecule has 6 aliphatic rings. The molecule has 0 saturated carbocycles. The summed E-state index contributed by atoms with van der Waals surface area (Å²) in [5, 5.41) is 3.52. The van der Waals surface area contributed by atoms with E-state index < -0.39 is 0 Å². The summed E-state index contributed by atoms with van der Waals surface area (Å²) >= 11 is 0. The summed E-state index contributed by atoms with van der Waals surface area (Å²) in [6.45, 7) is 8.64. The standard InChI is InChI=1S/C29H23N11/c1-28(2)26-38-21-15-6-9-31-12-18(15)23(35-21)33-20-14-5-8-30-11-17(14)24(34-20)37-25-19-13-32-10-7-16(19)22(36-25)39-27(40-26)29(28,3)4/h5-13,30H,1-4H3,(H,33,34,35,36,37,38,39,40). The third kappa shape index (κ3) is 3.02. The summed E-state index contributed by atoms with van der Waals surface area (Å²) < 4.78 is 0. The van der Waals surface area contributed by atoms with Gasteiger partial charge in [0.25, 0.3) is 0 Å². The molecular weight excluding hydrogens is 502 g/mol. The molecule has 0 aromatic carbocycles. The molecule has 8 bridgehead atoms. The lowest BCUT2D eigenvalue weighted by Crippen LogP contribution is -2.35. The minimum atomic E-state index is -0.389. The van der Waals surface area contributed by atoms with Gasteiger partial charge in [0.15, 0.2) is 35.0 Å². The van der Waals surface area contributed by atoms with E-state index in [1.165, 1.54) is 0 Å². The minimum Gasteiger partial charge on any atom is -0.367 e. The van der Waals surface area contributed by atoms with Gasteiger partial charge in [-0.15, -0.1) is 0 Å². The number of aliphatic imine (C=N–C) groups is 6. The van der Waals surface area contributed by atoms with Gasteiger partial charge in [0.2, 0.25) is 0 Å². The molecule has 1 fully saturated rings. The van der Waals surface area contributed by atoms with Crippen molar-refractivity contribution in [3.8, 4) is 11.1 Å². The lowest BCUT2D eigenvalue weighted by Gasteiger charge is -2.32. The zero-order valence-corrected chi connectivity index (χ0v) is 22.2. The Morgan fingerprint density at radius 2 is 1.07 bits per heavy atom. The Labute approximate surface area is 229 Å². The van der Waals surface area contributed by atoms with Crippen molar-refractivity contribution in [1.82, 2.24) is 25.3 Å². The van der Waals surface area contributed by atoms with Gasteiger partial charge in [-0.05, 0) is 18.2 Å². The highest BCUT2D eigenvalue weighted by atomic mass is 15.2. The van der Waals surface area contributed by atoms with Crippen LogP contribution >= 0.6 is 0 Å². The van der Waals surface area contributed by atoms with Crippen molar-refractivity contribution in [3.05, 3.63) is 77.6 Å². The summed E-state index contributed by atoms with van der Waals surface area (Å²) in [7, 11) is 0. The van der Waals surface area contributed by atoms with Gasteiger partial charge in [0.1, 0.15) is 11.7 Å². The largest absolute Gasteiger partial charge is 0.367 e. The summed E-state index contributed by atoms with van der Waals surface area (Å²) in [6, 6.07) is 5.76. The van der Waals surface area contributed by atoms with Gasteiger partial charge in [-0.25, -0.2) is 34.9 Å². The molecule has 11 nitrogen and oxygen atoms in total. The van der Waals surface area contributed by atoms with Crippen LogP contribution in [-0.2, 0) is 0 Å². The highest BCUT2D eigenvalue weighted by molar-refractivity contribution is 6.29. The van der Waals surface area contributed by atoms with Gasteiger partial charge in [-0.2, -0.15) is 0 Å². The van der Waals surface area contributed by atoms with Crippen molar-refractivity contribution < 1.29 is 0 Å². The maximum Gasteiger partial charge on any atom is 0.166 e. The second kappa shape index (κ2) is 7.69. The van der Waals surface area contributed by atoms with Gasteiger partial charge in [-0.1, -0.05) is 27.7 Å². The summed E-state index contributed by atoms with van der Waals surface area (Å²) in [6.07, 6.45) is 10.7. The van der Waals surface area contributed by atoms with Crippen LogP contribution in [0.2, 0.25) is 0 Å². The molecule has 0 unspecified atom stereocenters. The number of hydrogen-bond donors (Lipinski definition) is 2. The third-order valence-corrected chi connectivity index (χ3v) is 8.43. The monoisotopic (exact) mass is 525 g/mol. The molecule has 1 saturated heterocycles. The number of rotatable bonds is 0. The zero-order valence-electron chi connectivity index (χ0n) is 22.2. The van der Waals surface area contributed by atoms with Crippen LogP contribution in [0.1, 0.15) is 49.9 Å². The highest BCUT2D eigenvalue weighted by Crippen LogP contribution is 2.45. The number of aromatic nitrogens is 4. The second-order valence-electron chi connectivity index (χ2n) is 11.1. The minimum absolute atomic E-state index is 0.388. The Hall–Kier alpha value is -5.19. The normalized spacial score (nSPS) is 19.5. The Morgan fingerprint density at radius 3 is 1.65 bits per heavy atom. The Kier molecular flexibility index (Phi) is 4.37. The fraction of sp³-hybridized carbons (Fsp3) is 0.207. The molecule has 2 aromatic heterocycles. The molecule has 6 aliphatic heterocycles. The second-order valence-corrected chi connectivity index (χ2v) is 11.1. The van der Waals surface area contributed by atoms with E-state index in [0.29, 0.717) is 35.0 Å². The molecular formula is C29H23N11. The maximum absolute atomic E-state index is 5.07. The number of nitrogens with one attached hydrogen (secondary N) is 2. The molecule has 0 spiro atoms. The molecule has 0 atom stereocenters. The molecule has 0 radical (unpaired) electrons. The first-order chi connectivity index (χ1) is 19.3. The molecule has 11 heteroatoms. The Balaban J connectivity index is 1.45. The molecule has 194 valence electrons. The van der Waals surface area contributed by atoms with E-state index in [1.807, 2.05) is 30.6 Å². The Bertz CT molecular complexity index is 1790. The van der Waals surface area contributed by atoms with Gasteiger partial charge in [-0.3, -0.25) is 9.97 Å². The number of amidine groups is 6. The number of nitrogens with zero attached hydrogens (tertiary/aromatic N) is 9. The molecule has 2 N–H and O–H groups in total. The van der Waals surface area contributed by atoms with Crippen LogP contribution in [0.4, 0.5) is 11.6 Å². The van der Waals surface area contributed by atoms with E-state index >= 15 is 0 Å². The van der Waals surface area contributed by atoms with Crippen molar-refractivity contribution in [1.29, 1.82) is 0 Å². The molecule has 2 aromatic rings. The number of aromatic amines is 1. The van der Waals surface area contributed by atoms with Crippen molar-refractivity contribution in [2.75, 3.05) is 0 Å². The van der Waals surface area contributed by atoms with Crippen LogP contribution in [0.25, 0.3) is 11.1 Å². The number of fused-ring (bicyclic) bond motifs is 15. The van der Waals surface area contributed by atoms with E-state index in [9.17, 15) is 0 Å². The molecule has 0 amide bonds. The van der Waals surface area contributed by atoms with E-state index in [-0.39, 0.29) is 10.8 Å². The highest BCUT2D eigenvalue weighted by Gasteiger charge is 2.52. The van der Waals surface area contributed by atoms with E-state index in [1.54, 1.807) is 24.8 Å². The topological polar surface area (TPSA) is 141 Å². The third-order valence-electron chi connectivity index (χ3n) is 8.43. The van der Waals surface area contributed by atoms with Crippen LogP contribution in [-0.4, -0.2) is 54.9 Å². The fourth-order valence-corrected chi connectivity index (χ4v) is 5.28. The van der Waals surface area contributed by atoms with Gasteiger partial charge in [0.05, 0.1) is 0 Å². The summed E-state index contributed by atoms with van der Waals surface area (Å²) in [5.74, 6) is 4.66. The first-order valence-corrected chi connectivity index (χ1v) is 13.0.